The Kier molecular flexibility index (Phi) is 7.29. The van der Waals surface area contributed by atoms with Crippen LogP contribution in [-0.2, 0) is 6.61 Å². The lowest BCUT2D eigenvalue weighted by Gasteiger charge is -2.13. The van der Waals surface area contributed by atoms with Gasteiger partial charge in [0.2, 0.25) is 0 Å². The standard InChI is InChI=1S/C23H16BrClN2O4/c1-30-22-11-17(9-18(13-26)16-3-2-4-20(10-16)27(28)29)21(24)12-23(22)31-14-15-5-7-19(25)8-6-15/h2-12H,14H2,1H3/b18-9-. The molecule has 0 saturated carbocycles. The lowest BCUT2D eigenvalue weighted by atomic mass is 10.0. The maximum absolute atomic E-state index is 11.0. The van der Waals surface area contributed by atoms with Gasteiger partial charge in [0, 0.05) is 21.6 Å². The van der Waals surface area contributed by atoms with Crippen molar-refractivity contribution in [2.24, 2.45) is 0 Å². The summed E-state index contributed by atoms with van der Waals surface area (Å²) in [5, 5.41) is 21.3. The van der Waals surface area contributed by atoms with Crippen LogP contribution in [0.1, 0.15) is 16.7 Å². The van der Waals surface area contributed by atoms with Gasteiger partial charge in [-0.3, -0.25) is 10.1 Å². The molecule has 0 aliphatic heterocycles. The molecule has 0 aromatic heterocycles. The van der Waals surface area contributed by atoms with Crippen LogP contribution >= 0.6 is 27.5 Å². The largest absolute Gasteiger partial charge is 0.493 e. The SMILES string of the molecule is COc1cc(/C=C(/C#N)c2cccc([N+](=O)[O-])c2)c(Br)cc1OCc1ccc(Cl)cc1. The fourth-order valence-corrected chi connectivity index (χ4v) is 3.36. The van der Waals surface area contributed by atoms with E-state index in [1.807, 2.05) is 12.1 Å². The molecule has 0 saturated heterocycles. The summed E-state index contributed by atoms with van der Waals surface area (Å²) in [5.41, 5.74) is 2.26. The smallest absolute Gasteiger partial charge is 0.270 e. The maximum atomic E-state index is 11.0. The molecule has 0 aliphatic rings. The first-order valence-corrected chi connectivity index (χ1v) is 10.2. The van der Waals surface area contributed by atoms with Crippen molar-refractivity contribution in [2.45, 2.75) is 6.61 Å². The molecule has 156 valence electrons. The minimum atomic E-state index is -0.496. The number of nitriles is 1. The van der Waals surface area contributed by atoms with Crippen molar-refractivity contribution < 1.29 is 14.4 Å². The highest BCUT2D eigenvalue weighted by Gasteiger charge is 2.13. The average Bonchev–Trinajstić information content (AvgIpc) is 2.78. The van der Waals surface area contributed by atoms with Gasteiger partial charge < -0.3 is 9.47 Å². The normalized spacial score (nSPS) is 11.0. The zero-order chi connectivity index (χ0) is 22.4. The molecule has 31 heavy (non-hydrogen) atoms. The summed E-state index contributed by atoms with van der Waals surface area (Å²) in [5.74, 6) is 1.01. The van der Waals surface area contributed by atoms with E-state index in [0.717, 1.165) is 5.56 Å². The second-order valence-electron chi connectivity index (χ2n) is 6.42. The van der Waals surface area contributed by atoms with E-state index in [2.05, 4.69) is 22.0 Å². The minimum Gasteiger partial charge on any atom is -0.493 e. The van der Waals surface area contributed by atoms with Gasteiger partial charge in [-0.15, -0.1) is 0 Å². The number of ether oxygens (including phenoxy) is 2. The van der Waals surface area contributed by atoms with Crippen molar-refractivity contribution in [3.05, 3.63) is 97.0 Å². The first-order valence-electron chi connectivity index (χ1n) is 9.02. The van der Waals surface area contributed by atoms with Crippen LogP contribution < -0.4 is 9.47 Å². The lowest BCUT2D eigenvalue weighted by molar-refractivity contribution is -0.384. The van der Waals surface area contributed by atoms with Gasteiger partial charge in [-0.1, -0.05) is 51.8 Å². The zero-order valence-electron chi connectivity index (χ0n) is 16.3. The molecule has 0 fully saturated rings. The van der Waals surface area contributed by atoms with E-state index in [1.165, 1.54) is 19.2 Å². The number of allylic oxidation sites excluding steroid dienone is 1. The van der Waals surface area contributed by atoms with Crippen LogP contribution in [-0.4, -0.2) is 12.0 Å². The molecule has 0 spiro atoms. The fraction of sp³-hybridized carbons (Fsp3) is 0.0870. The second kappa shape index (κ2) is 10.1. The molecule has 0 bridgehead atoms. The van der Waals surface area contributed by atoms with Crippen molar-refractivity contribution in [3.63, 3.8) is 0 Å². The maximum Gasteiger partial charge on any atom is 0.270 e. The Labute approximate surface area is 192 Å². The van der Waals surface area contributed by atoms with Crippen molar-refractivity contribution in [1.82, 2.24) is 0 Å². The van der Waals surface area contributed by atoms with Crippen LogP contribution in [0.5, 0.6) is 11.5 Å². The van der Waals surface area contributed by atoms with Gasteiger partial charge in [0.05, 0.1) is 23.7 Å². The van der Waals surface area contributed by atoms with E-state index < -0.39 is 4.92 Å². The molecule has 3 rings (SSSR count). The van der Waals surface area contributed by atoms with Crippen molar-refractivity contribution in [1.29, 1.82) is 5.26 Å². The quantitative estimate of drug-likeness (QED) is 0.157. The van der Waals surface area contributed by atoms with Crippen molar-refractivity contribution >= 4 is 44.9 Å². The first-order chi connectivity index (χ1) is 14.9. The Hall–Kier alpha value is -3.34. The molecule has 0 atom stereocenters. The highest BCUT2D eigenvalue weighted by Crippen LogP contribution is 2.36. The summed E-state index contributed by atoms with van der Waals surface area (Å²) in [4.78, 5) is 10.5. The summed E-state index contributed by atoms with van der Waals surface area (Å²) in [6, 6.07) is 18.8. The zero-order valence-corrected chi connectivity index (χ0v) is 18.7. The molecule has 0 heterocycles. The van der Waals surface area contributed by atoms with Gasteiger partial charge in [0.1, 0.15) is 6.61 Å². The number of benzene rings is 3. The van der Waals surface area contributed by atoms with Crippen molar-refractivity contribution in [2.75, 3.05) is 7.11 Å². The number of nitrogens with zero attached hydrogens (tertiary/aromatic N) is 2. The average molecular weight is 500 g/mol. The highest BCUT2D eigenvalue weighted by molar-refractivity contribution is 9.10. The van der Waals surface area contributed by atoms with Crippen LogP contribution in [0.3, 0.4) is 0 Å². The predicted molar refractivity (Wildman–Crippen MR) is 123 cm³/mol. The number of nitro groups is 1. The summed E-state index contributed by atoms with van der Waals surface area (Å²) >= 11 is 9.41. The Bertz CT molecular complexity index is 1190. The molecule has 0 N–H and O–H groups in total. The van der Waals surface area contributed by atoms with Crippen LogP contribution in [0.4, 0.5) is 5.69 Å². The molecule has 3 aromatic rings. The number of hydrogen-bond acceptors (Lipinski definition) is 5. The number of methoxy groups -OCH3 is 1. The Morgan fingerprint density at radius 1 is 1.19 bits per heavy atom. The molecule has 0 unspecified atom stereocenters. The third kappa shape index (κ3) is 5.63. The Morgan fingerprint density at radius 3 is 2.58 bits per heavy atom. The summed E-state index contributed by atoms with van der Waals surface area (Å²) in [6.45, 7) is 0.326. The van der Waals surface area contributed by atoms with Gasteiger partial charge in [0.15, 0.2) is 11.5 Å². The van der Waals surface area contributed by atoms with Gasteiger partial charge in [-0.05, 0) is 47.0 Å². The molecular formula is C23H16BrClN2O4. The lowest BCUT2D eigenvalue weighted by Crippen LogP contribution is -1.98. The highest BCUT2D eigenvalue weighted by atomic mass is 79.9. The minimum absolute atomic E-state index is 0.0822. The molecule has 3 aromatic carbocycles. The topological polar surface area (TPSA) is 85.4 Å². The third-order valence-electron chi connectivity index (χ3n) is 4.38. The van der Waals surface area contributed by atoms with Gasteiger partial charge >= 0.3 is 0 Å². The molecule has 6 nitrogen and oxygen atoms in total. The predicted octanol–water partition coefficient (Wildman–Crippen LogP) is 6.66. The van der Waals surface area contributed by atoms with Crippen LogP contribution in [0.2, 0.25) is 5.02 Å². The van der Waals surface area contributed by atoms with Crippen molar-refractivity contribution in [3.8, 4) is 17.6 Å². The molecule has 0 aliphatic carbocycles. The molecule has 0 radical (unpaired) electrons. The van der Waals surface area contributed by atoms with E-state index in [-0.39, 0.29) is 11.3 Å². The van der Waals surface area contributed by atoms with E-state index >= 15 is 0 Å². The van der Waals surface area contributed by atoms with Crippen LogP contribution in [0.25, 0.3) is 11.6 Å². The van der Waals surface area contributed by atoms with Gasteiger partial charge in [-0.25, -0.2) is 0 Å². The second-order valence-corrected chi connectivity index (χ2v) is 7.71. The van der Waals surface area contributed by atoms with E-state index in [9.17, 15) is 15.4 Å². The summed E-state index contributed by atoms with van der Waals surface area (Å²) in [7, 11) is 1.53. The Morgan fingerprint density at radius 2 is 1.94 bits per heavy atom. The molecular weight excluding hydrogens is 484 g/mol. The van der Waals surface area contributed by atoms with Gasteiger partial charge in [0.25, 0.3) is 5.69 Å². The number of hydrogen-bond donors (Lipinski definition) is 0. The van der Waals surface area contributed by atoms with Gasteiger partial charge in [-0.2, -0.15) is 5.26 Å². The molecule has 0 amide bonds. The summed E-state index contributed by atoms with van der Waals surface area (Å²) in [6.07, 6.45) is 1.63. The third-order valence-corrected chi connectivity index (χ3v) is 5.32. The fourth-order valence-electron chi connectivity index (χ4n) is 2.80. The van der Waals surface area contributed by atoms with E-state index in [0.29, 0.717) is 38.7 Å². The number of halogens is 2. The van der Waals surface area contributed by atoms with Crippen LogP contribution in [0.15, 0.2) is 65.1 Å². The van der Waals surface area contributed by atoms with E-state index in [1.54, 1.807) is 42.5 Å². The number of rotatable bonds is 7. The van der Waals surface area contributed by atoms with E-state index in [4.69, 9.17) is 21.1 Å². The monoisotopic (exact) mass is 498 g/mol. The Balaban J connectivity index is 1.91. The summed E-state index contributed by atoms with van der Waals surface area (Å²) < 4.78 is 12.0. The molecule has 8 heteroatoms. The number of nitro benzene ring substituents is 1. The first kappa shape index (κ1) is 22.3. The van der Waals surface area contributed by atoms with Crippen LogP contribution in [0, 0.1) is 21.4 Å². The number of non-ortho nitro benzene ring substituents is 1.